The molecular weight excluding hydrogens is 394 g/mol. The van der Waals surface area contributed by atoms with E-state index < -0.39 is 11.9 Å². The fraction of sp³-hybridized carbons (Fsp3) is 0.200. The van der Waals surface area contributed by atoms with Crippen LogP contribution in [0.2, 0.25) is 5.02 Å². The Labute approximate surface area is 171 Å². The van der Waals surface area contributed by atoms with E-state index in [2.05, 4.69) is 20.7 Å². The van der Waals surface area contributed by atoms with Crippen LogP contribution in [0.25, 0.3) is 11.4 Å². The predicted molar refractivity (Wildman–Crippen MR) is 109 cm³/mol. The van der Waals surface area contributed by atoms with Crippen LogP contribution in [0.3, 0.4) is 0 Å². The number of carbonyl (C=O) groups is 2. The number of fused-ring (bicyclic) bond motifs is 1. The van der Waals surface area contributed by atoms with Crippen molar-refractivity contribution in [2.75, 3.05) is 17.7 Å². The summed E-state index contributed by atoms with van der Waals surface area (Å²) in [5.74, 6) is 0.635. The second-order valence-corrected chi connectivity index (χ2v) is 7.08. The van der Waals surface area contributed by atoms with E-state index in [1.165, 1.54) is 4.68 Å². The Balaban J connectivity index is 1.63. The quantitative estimate of drug-likeness (QED) is 0.685. The Morgan fingerprint density at radius 3 is 2.72 bits per heavy atom. The van der Waals surface area contributed by atoms with Gasteiger partial charge in [0.15, 0.2) is 5.82 Å². The summed E-state index contributed by atoms with van der Waals surface area (Å²) in [6.07, 6.45) is -0.0479. The highest BCUT2D eigenvalue weighted by atomic mass is 35.5. The van der Waals surface area contributed by atoms with Gasteiger partial charge in [-0.2, -0.15) is 4.98 Å². The van der Waals surface area contributed by atoms with Crippen molar-refractivity contribution in [2.45, 2.75) is 19.4 Å². The van der Waals surface area contributed by atoms with Crippen molar-refractivity contribution >= 4 is 35.1 Å². The molecule has 0 bridgehead atoms. The molecule has 8 nitrogen and oxygen atoms in total. The van der Waals surface area contributed by atoms with Crippen LogP contribution >= 0.6 is 11.6 Å². The van der Waals surface area contributed by atoms with E-state index in [4.69, 9.17) is 16.3 Å². The molecule has 2 aromatic carbocycles. The lowest BCUT2D eigenvalue weighted by molar-refractivity contribution is -0.125. The van der Waals surface area contributed by atoms with Gasteiger partial charge in [-0.15, -0.1) is 5.10 Å². The highest BCUT2D eigenvalue weighted by Crippen LogP contribution is 2.29. The SMILES string of the molecule is COc1ccc(-c2nc3n(n2)C(C(=O)Nc2ccc(C)cc2Cl)CC(=O)N3)cc1. The third-order valence-corrected chi connectivity index (χ3v) is 4.90. The summed E-state index contributed by atoms with van der Waals surface area (Å²) in [6.45, 7) is 1.91. The average Bonchev–Trinajstić information content (AvgIpc) is 3.13. The van der Waals surface area contributed by atoms with Gasteiger partial charge in [0.2, 0.25) is 17.8 Å². The van der Waals surface area contributed by atoms with Crippen molar-refractivity contribution in [3.63, 3.8) is 0 Å². The zero-order chi connectivity index (χ0) is 20.5. The van der Waals surface area contributed by atoms with E-state index in [9.17, 15) is 9.59 Å². The molecule has 1 unspecified atom stereocenters. The molecule has 0 aliphatic carbocycles. The number of hydrogen-bond donors (Lipinski definition) is 2. The molecule has 0 spiro atoms. The molecule has 3 aromatic rings. The van der Waals surface area contributed by atoms with Crippen molar-refractivity contribution in [3.8, 4) is 17.1 Å². The number of nitrogens with one attached hydrogen (secondary N) is 2. The van der Waals surface area contributed by atoms with Crippen LogP contribution in [0.15, 0.2) is 42.5 Å². The monoisotopic (exact) mass is 411 g/mol. The number of anilines is 2. The molecule has 148 valence electrons. The van der Waals surface area contributed by atoms with Crippen molar-refractivity contribution in [1.29, 1.82) is 0 Å². The molecule has 1 atom stereocenters. The number of nitrogens with zero attached hydrogens (tertiary/aromatic N) is 3. The van der Waals surface area contributed by atoms with Gasteiger partial charge in [0.1, 0.15) is 11.8 Å². The molecule has 1 aliphatic heterocycles. The minimum Gasteiger partial charge on any atom is -0.497 e. The van der Waals surface area contributed by atoms with Gasteiger partial charge >= 0.3 is 0 Å². The van der Waals surface area contributed by atoms with Crippen molar-refractivity contribution in [3.05, 3.63) is 53.1 Å². The lowest BCUT2D eigenvalue weighted by atomic mass is 10.1. The number of halogens is 1. The van der Waals surface area contributed by atoms with Crippen LogP contribution < -0.4 is 15.4 Å². The first-order valence-corrected chi connectivity index (χ1v) is 9.30. The smallest absolute Gasteiger partial charge is 0.249 e. The zero-order valence-corrected chi connectivity index (χ0v) is 16.5. The number of ether oxygens (including phenoxy) is 1. The standard InChI is InChI=1S/C20H18ClN5O3/c1-11-3-8-15(14(21)9-11)22-19(28)16-10-17(27)23-20-24-18(25-26(16)20)12-4-6-13(29-2)7-5-12/h3-9,16H,10H2,1-2H3,(H,22,28)(H,23,24,25,27). The molecule has 2 N–H and O–H groups in total. The van der Waals surface area contributed by atoms with Gasteiger partial charge in [-0.05, 0) is 48.9 Å². The molecule has 0 saturated heterocycles. The molecule has 0 saturated carbocycles. The Morgan fingerprint density at radius 1 is 1.28 bits per heavy atom. The fourth-order valence-electron chi connectivity index (χ4n) is 3.07. The summed E-state index contributed by atoms with van der Waals surface area (Å²) in [7, 11) is 1.58. The van der Waals surface area contributed by atoms with Crippen LogP contribution in [0.1, 0.15) is 18.0 Å². The Hall–Kier alpha value is -3.39. The number of aryl methyl sites for hydroxylation is 1. The molecule has 0 radical (unpaired) electrons. The first-order valence-electron chi connectivity index (χ1n) is 8.92. The number of methoxy groups -OCH3 is 1. The molecule has 2 amide bonds. The summed E-state index contributed by atoms with van der Waals surface area (Å²) < 4.78 is 6.58. The van der Waals surface area contributed by atoms with Crippen LogP contribution in [0.5, 0.6) is 5.75 Å². The molecule has 2 heterocycles. The highest BCUT2D eigenvalue weighted by Gasteiger charge is 2.33. The first kappa shape index (κ1) is 18.9. The maximum atomic E-state index is 12.9. The summed E-state index contributed by atoms with van der Waals surface area (Å²) in [4.78, 5) is 29.4. The third kappa shape index (κ3) is 3.79. The van der Waals surface area contributed by atoms with Gasteiger partial charge in [-0.3, -0.25) is 14.9 Å². The molecule has 4 rings (SSSR count). The minimum absolute atomic E-state index is 0.0479. The topological polar surface area (TPSA) is 98.1 Å². The third-order valence-electron chi connectivity index (χ3n) is 4.59. The maximum Gasteiger partial charge on any atom is 0.249 e. The summed E-state index contributed by atoms with van der Waals surface area (Å²) in [5, 5.41) is 10.3. The Bertz CT molecular complexity index is 1090. The van der Waals surface area contributed by atoms with Gasteiger partial charge < -0.3 is 10.1 Å². The highest BCUT2D eigenvalue weighted by molar-refractivity contribution is 6.33. The van der Waals surface area contributed by atoms with Gasteiger partial charge in [0.05, 0.1) is 24.2 Å². The molecular formula is C20H18ClN5O3. The van der Waals surface area contributed by atoms with E-state index in [1.54, 1.807) is 31.4 Å². The van der Waals surface area contributed by atoms with Gasteiger partial charge in [0.25, 0.3) is 0 Å². The van der Waals surface area contributed by atoms with Crippen molar-refractivity contribution in [1.82, 2.24) is 14.8 Å². The lowest BCUT2D eigenvalue weighted by Crippen LogP contribution is -2.36. The second kappa shape index (κ2) is 7.56. The second-order valence-electron chi connectivity index (χ2n) is 6.67. The van der Waals surface area contributed by atoms with Crippen LogP contribution in [-0.4, -0.2) is 33.7 Å². The maximum absolute atomic E-state index is 12.9. The summed E-state index contributed by atoms with van der Waals surface area (Å²) >= 11 is 6.21. The number of amides is 2. The molecule has 0 fully saturated rings. The molecule has 29 heavy (non-hydrogen) atoms. The zero-order valence-electron chi connectivity index (χ0n) is 15.8. The number of rotatable bonds is 4. The van der Waals surface area contributed by atoms with E-state index in [1.807, 2.05) is 25.1 Å². The van der Waals surface area contributed by atoms with E-state index in [0.29, 0.717) is 22.3 Å². The van der Waals surface area contributed by atoms with Crippen LogP contribution in [0.4, 0.5) is 11.6 Å². The number of hydrogen-bond acceptors (Lipinski definition) is 5. The van der Waals surface area contributed by atoms with Crippen molar-refractivity contribution in [2.24, 2.45) is 0 Å². The Morgan fingerprint density at radius 2 is 2.03 bits per heavy atom. The minimum atomic E-state index is -0.837. The molecule has 1 aromatic heterocycles. The van der Waals surface area contributed by atoms with E-state index in [0.717, 1.165) is 11.1 Å². The predicted octanol–water partition coefficient (Wildman–Crippen LogP) is 3.44. The van der Waals surface area contributed by atoms with E-state index >= 15 is 0 Å². The van der Waals surface area contributed by atoms with Crippen molar-refractivity contribution < 1.29 is 14.3 Å². The van der Waals surface area contributed by atoms with E-state index in [-0.39, 0.29) is 18.3 Å². The lowest BCUT2D eigenvalue weighted by Gasteiger charge is -2.22. The summed E-state index contributed by atoms with van der Waals surface area (Å²) in [6, 6.07) is 11.7. The first-order chi connectivity index (χ1) is 13.9. The Kier molecular flexibility index (Phi) is 4.94. The normalized spacial score (nSPS) is 15.4. The number of aromatic nitrogens is 3. The summed E-state index contributed by atoms with van der Waals surface area (Å²) in [5.41, 5.74) is 2.20. The van der Waals surface area contributed by atoms with Gasteiger partial charge in [0, 0.05) is 5.56 Å². The number of carbonyl (C=O) groups excluding carboxylic acids is 2. The van der Waals surface area contributed by atoms with Gasteiger partial charge in [-0.1, -0.05) is 17.7 Å². The average molecular weight is 412 g/mol. The fourth-order valence-corrected chi connectivity index (χ4v) is 3.35. The molecule has 9 heteroatoms. The van der Waals surface area contributed by atoms with Crippen LogP contribution in [-0.2, 0) is 9.59 Å². The largest absolute Gasteiger partial charge is 0.497 e. The molecule has 1 aliphatic rings. The van der Waals surface area contributed by atoms with Crippen LogP contribution in [0, 0.1) is 6.92 Å². The number of benzene rings is 2. The van der Waals surface area contributed by atoms with Gasteiger partial charge in [-0.25, -0.2) is 4.68 Å².